The van der Waals surface area contributed by atoms with Crippen molar-refractivity contribution in [2.75, 3.05) is 13.1 Å². The first-order valence-corrected chi connectivity index (χ1v) is 7.13. The first-order valence-electron chi connectivity index (χ1n) is 7.13. The lowest BCUT2D eigenvalue weighted by Gasteiger charge is -2.32. The van der Waals surface area contributed by atoms with Gasteiger partial charge in [-0.25, -0.2) is 0 Å². The van der Waals surface area contributed by atoms with Gasteiger partial charge in [-0.15, -0.1) is 13.2 Å². The maximum Gasteiger partial charge on any atom is 0.573 e. The van der Waals surface area contributed by atoms with Crippen LogP contribution in [0.5, 0.6) is 5.75 Å². The van der Waals surface area contributed by atoms with E-state index in [-0.39, 0.29) is 18.2 Å². The normalized spacial score (nSPS) is 22.2. The Hall–Kier alpha value is -1.76. The number of carbonyl (C=O) groups excluding carboxylic acids is 1. The molecule has 0 spiro atoms. The maximum atomic E-state index is 12.4. The number of benzene rings is 1. The molecule has 1 aliphatic rings. The van der Waals surface area contributed by atoms with E-state index in [0.717, 1.165) is 19.4 Å². The zero-order valence-electron chi connectivity index (χ0n) is 12.3. The molecule has 2 rings (SSSR count). The van der Waals surface area contributed by atoms with Crippen LogP contribution in [0.25, 0.3) is 0 Å². The average Bonchev–Trinajstić information content (AvgIpc) is 2.45. The summed E-state index contributed by atoms with van der Waals surface area (Å²) >= 11 is 0. The van der Waals surface area contributed by atoms with Crippen molar-refractivity contribution in [2.45, 2.75) is 32.7 Å². The van der Waals surface area contributed by atoms with Crippen LogP contribution in [-0.2, 0) is 11.3 Å². The fourth-order valence-corrected chi connectivity index (χ4v) is 2.51. The number of hydrogen-bond acceptors (Lipinski definition) is 3. The molecule has 0 radical (unpaired) electrons. The highest BCUT2D eigenvalue weighted by Gasteiger charge is 2.35. The number of carbonyl (C=O) groups is 1. The number of hydrogen-bond donors (Lipinski definition) is 2. The molecular formula is C15H19F3N2O2. The van der Waals surface area contributed by atoms with Crippen LogP contribution in [0.3, 0.4) is 0 Å². The summed E-state index contributed by atoms with van der Waals surface area (Å²) in [6.45, 7) is 3.30. The van der Waals surface area contributed by atoms with Crippen LogP contribution in [-0.4, -0.2) is 25.4 Å². The van der Waals surface area contributed by atoms with E-state index in [9.17, 15) is 18.0 Å². The molecule has 0 aromatic heterocycles. The smallest absolute Gasteiger partial charge is 0.405 e. The molecule has 22 heavy (non-hydrogen) atoms. The van der Waals surface area contributed by atoms with Crippen molar-refractivity contribution >= 4 is 5.91 Å². The molecule has 1 aromatic carbocycles. The third kappa shape index (κ3) is 4.37. The Bertz CT molecular complexity index is 526. The molecule has 2 N–H and O–H groups in total. The van der Waals surface area contributed by atoms with Gasteiger partial charge in [-0.1, -0.05) is 18.2 Å². The van der Waals surface area contributed by atoms with Gasteiger partial charge in [0.25, 0.3) is 0 Å². The highest BCUT2D eigenvalue weighted by atomic mass is 19.4. The van der Waals surface area contributed by atoms with E-state index in [2.05, 4.69) is 15.4 Å². The van der Waals surface area contributed by atoms with Crippen molar-refractivity contribution in [1.82, 2.24) is 10.6 Å². The standard InChI is InChI=1S/C15H19F3N2O2/c1-14(7-4-8-19-10-14)13(21)20-9-11-5-2-3-6-12(11)22-15(16,17)18/h2-3,5-6,19H,4,7-10H2,1H3,(H,20,21). The van der Waals surface area contributed by atoms with Gasteiger partial charge in [0.05, 0.1) is 5.41 Å². The minimum atomic E-state index is -4.75. The second-order valence-corrected chi connectivity index (χ2v) is 5.68. The van der Waals surface area contributed by atoms with E-state index in [0.29, 0.717) is 12.1 Å². The number of nitrogens with one attached hydrogen (secondary N) is 2. The van der Waals surface area contributed by atoms with Gasteiger partial charge in [-0.05, 0) is 32.4 Å². The number of amides is 1. The van der Waals surface area contributed by atoms with E-state index in [1.54, 1.807) is 6.07 Å². The van der Waals surface area contributed by atoms with Crippen molar-refractivity contribution < 1.29 is 22.7 Å². The molecule has 4 nitrogen and oxygen atoms in total. The van der Waals surface area contributed by atoms with Crippen LogP contribution in [0.2, 0.25) is 0 Å². The van der Waals surface area contributed by atoms with Gasteiger partial charge < -0.3 is 15.4 Å². The number of rotatable bonds is 4. The topological polar surface area (TPSA) is 50.4 Å². The summed E-state index contributed by atoms with van der Waals surface area (Å²) in [5, 5.41) is 5.87. The monoisotopic (exact) mass is 316 g/mol. The lowest BCUT2D eigenvalue weighted by atomic mass is 9.82. The Morgan fingerprint density at radius 1 is 1.41 bits per heavy atom. The lowest BCUT2D eigenvalue weighted by molar-refractivity contribution is -0.274. The molecule has 0 saturated carbocycles. The molecule has 0 bridgehead atoms. The van der Waals surface area contributed by atoms with Gasteiger partial charge in [-0.2, -0.15) is 0 Å². The molecule has 0 aliphatic carbocycles. The fourth-order valence-electron chi connectivity index (χ4n) is 2.51. The molecule has 1 amide bonds. The SMILES string of the molecule is CC1(C(=O)NCc2ccccc2OC(F)(F)F)CCCNC1. The Morgan fingerprint density at radius 2 is 2.14 bits per heavy atom. The predicted molar refractivity (Wildman–Crippen MR) is 75.2 cm³/mol. The van der Waals surface area contributed by atoms with Crippen molar-refractivity contribution in [3.8, 4) is 5.75 Å². The third-order valence-corrected chi connectivity index (χ3v) is 3.78. The fraction of sp³-hybridized carbons (Fsp3) is 0.533. The maximum absolute atomic E-state index is 12.4. The zero-order chi connectivity index (χ0) is 16.2. The summed E-state index contributed by atoms with van der Waals surface area (Å²) in [6.07, 6.45) is -3.09. The third-order valence-electron chi connectivity index (χ3n) is 3.78. The summed E-state index contributed by atoms with van der Waals surface area (Å²) < 4.78 is 41.0. The highest BCUT2D eigenvalue weighted by Crippen LogP contribution is 2.28. The van der Waals surface area contributed by atoms with E-state index >= 15 is 0 Å². The molecule has 1 saturated heterocycles. The van der Waals surface area contributed by atoms with Crippen LogP contribution < -0.4 is 15.4 Å². The second kappa shape index (κ2) is 6.56. The van der Waals surface area contributed by atoms with E-state index in [1.807, 2.05) is 6.92 Å². The number of alkyl halides is 3. The van der Waals surface area contributed by atoms with E-state index in [4.69, 9.17) is 0 Å². The Balaban J connectivity index is 2.01. The molecule has 7 heteroatoms. The minimum Gasteiger partial charge on any atom is -0.405 e. The molecule has 1 atom stereocenters. The van der Waals surface area contributed by atoms with Crippen molar-refractivity contribution in [1.29, 1.82) is 0 Å². The molecular weight excluding hydrogens is 297 g/mol. The summed E-state index contributed by atoms with van der Waals surface area (Å²) in [5.41, 5.74) is -0.238. The number of piperidine rings is 1. The molecule has 122 valence electrons. The highest BCUT2D eigenvalue weighted by molar-refractivity contribution is 5.82. The van der Waals surface area contributed by atoms with E-state index in [1.165, 1.54) is 18.2 Å². The largest absolute Gasteiger partial charge is 0.573 e. The number of para-hydroxylation sites is 1. The molecule has 1 aromatic rings. The van der Waals surface area contributed by atoms with Crippen molar-refractivity contribution in [3.05, 3.63) is 29.8 Å². The second-order valence-electron chi connectivity index (χ2n) is 5.68. The van der Waals surface area contributed by atoms with Crippen LogP contribution in [0.15, 0.2) is 24.3 Å². The van der Waals surface area contributed by atoms with Gasteiger partial charge in [0.1, 0.15) is 5.75 Å². The first kappa shape index (κ1) is 16.6. The zero-order valence-corrected chi connectivity index (χ0v) is 12.3. The lowest BCUT2D eigenvalue weighted by Crippen LogP contribution is -2.48. The summed E-state index contributed by atoms with van der Waals surface area (Å²) in [6, 6.07) is 5.80. The van der Waals surface area contributed by atoms with Crippen LogP contribution in [0.4, 0.5) is 13.2 Å². The Morgan fingerprint density at radius 3 is 2.77 bits per heavy atom. The van der Waals surface area contributed by atoms with Crippen LogP contribution in [0, 0.1) is 5.41 Å². The number of halogens is 3. The molecule has 1 fully saturated rings. The average molecular weight is 316 g/mol. The molecule has 1 aliphatic heterocycles. The van der Waals surface area contributed by atoms with Gasteiger partial charge in [-0.3, -0.25) is 4.79 Å². The Kier molecular flexibility index (Phi) is 4.95. The molecule has 1 unspecified atom stereocenters. The quantitative estimate of drug-likeness (QED) is 0.898. The van der Waals surface area contributed by atoms with Crippen molar-refractivity contribution in [3.63, 3.8) is 0 Å². The minimum absolute atomic E-state index is 0.000671. The Labute approximate surface area is 127 Å². The number of ether oxygens (including phenoxy) is 1. The predicted octanol–water partition coefficient (Wildman–Crippen LogP) is 2.59. The van der Waals surface area contributed by atoms with Crippen LogP contribution >= 0.6 is 0 Å². The summed E-state index contributed by atoms with van der Waals surface area (Å²) in [4.78, 5) is 12.3. The van der Waals surface area contributed by atoms with Gasteiger partial charge in [0.15, 0.2) is 0 Å². The van der Waals surface area contributed by atoms with Gasteiger partial charge in [0, 0.05) is 18.7 Å². The van der Waals surface area contributed by atoms with Gasteiger partial charge in [0.2, 0.25) is 5.91 Å². The molecule has 1 heterocycles. The van der Waals surface area contributed by atoms with Gasteiger partial charge >= 0.3 is 6.36 Å². The summed E-state index contributed by atoms with van der Waals surface area (Å²) in [5.74, 6) is -0.455. The summed E-state index contributed by atoms with van der Waals surface area (Å²) in [7, 11) is 0. The van der Waals surface area contributed by atoms with E-state index < -0.39 is 11.8 Å². The first-order chi connectivity index (χ1) is 10.3. The van der Waals surface area contributed by atoms with Crippen LogP contribution in [0.1, 0.15) is 25.3 Å². The van der Waals surface area contributed by atoms with Crippen molar-refractivity contribution in [2.24, 2.45) is 5.41 Å².